The molecule has 3 rings (SSSR count). The predicted octanol–water partition coefficient (Wildman–Crippen LogP) is 1.64. The van der Waals surface area contributed by atoms with Gasteiger partial charge in [-0.15, -0.1) is 0 Å². The molecule has 6 nitrogen and oxygen atoms in total. The second kappa shape index (κ2) is 7.43. The summed E-state index contributed by atoms with van der Waals surface area (Å²) in [5.74, 6) is 0.0649. The van der Waals surface area contributed by atoms with Crippen LogP contribution in [0, 0.1) is 0 Å². The van der Waals surface area contributed by atoms with Crippen LogP contribution in [-0.4, -0.2) is 47.7 Å². The summed E-state index contributed by atoms with van der Waals surface area (Å²) >= 11 is 0. The molecule has 1 aromatic rings. The van der Waals surface area contributed by atoms with E-state index >= 15 is 0 Å². The number of rotatable bonds is 4. The van der Waals surface area contributed by atoms with Gasteiger partial charge in [0, 0.05) is 24.2 Å². The molecule has 3 unspecified atom stereocenters. The second-order valence-corrected chi connectivity index (χ2v) is 9.23. The number of hydrogen-bond acceptors (Lipinski definition) is 4. The van der Waals surface area contributed by atoms with Crippen molar-refractivity contribution in [2.24, 2.45) is 0 Å². The zero-order chi connectivity index (χ0) is 18.0. The summed E-state index contributed by atoms with van der Waals surface area (Å²) in [7, 11) is -3.19. The Balaban J connectivity index is 1.63. The van der Waals surface area contributed by atoms with Gasteiger partial charge >= 0.3 is 0 Å². The van der Waals surface area contributed by atoms with Gasteiger partial charge in [0.15, 0.2) is 0 Å². The molecule has 0 bridgehead atoms. The maximum Gasteiger partial charge on any atom is 0.251 e. The standard InChI is InChI=1S/C18H26N2O4S/c1-13-3-2-10-25(23,24)20(13)12-14-4-6-15(7-5-14)18(22)19-16-8-9-17(21)11-16/h4-7,13,16-17,21H,2-3,8-12H2,1H3,(H,19,22). The molecule has 1 aromatic carbocycles. The molecular weight excluding hydrogens is 340 g/mol. The molecule has 138 valence electrons. The van der Waals surface area contributed by atoms with Crippen LogP contribution in [0.1, 0.15) is 54.9 Å². The number of aliphatic hydroxyl groups is 1. The van der Waals surface area contributed by atoms with Gasteiger partial charge < -0.3 is 10.4 Å². The van der Waals surface area contributed by atoms with E-state index in [0.29, 0.717) is 18.5 Å². The van der Waals surface area contributed by atoms with E-state index in [0.717, 1.165) is 31.2 Å². The largest absolute Gasteiger partial charge is 0.393 e. The molecule has 0 spiro atoms. The highest BCUT2D eigenvalue weighted by Crippen LogP contribution is 2.23. The van der Waals surface area contributed by atoms with Crippen LogP contribution in [0.2, 0.25) is 0 Å². The Morgan fingerprint density at radius 2 is 1.96 bits per heavy atom. The third-order valence-electron chi connectivity index (χ3n) is 5.17. The van der Waals surface area contributed by atoms with E-state index in [1.54, 1.807) is 16.4 Å². The molecule has 2 fully saturated rings. The molecule has 1 amide bonds. The summed E-state index contributed by atoms with van der Waals surface area (Å²) in [6.07, 6.45) is 3.42. The number of sulfonamides is 1. The quantitative estimate of drug-likeness (QED) is 0.848. The van der Waals surface area contributed by atoms with Crippen molar-refractivity contribution in [2.75, 3.05) is 5.75 Å². The van der Waals surface area contributed by atoms with Crippen molar-refractivity contribution in [3.8, 4) is 0 Å². The van der Waals surface area contributed by atoms with E-state index in [2.05, 4.69) is 5.32 Å². The van der Waals surface area contributed by atoms with E-state index in [9.17, 15) is 18.3 Å². The number of aliphatic hydroxyl groups excluding tert-OH is 1. The lowest BCUT2D eigenvalue weighted by Gasteiger charge is -2.32. The lowest BCUT2D eigenvalue weighted by atomic mass is 10.1. The molecule has 0 aromatic heterocycles. The third-order valence-corrected chi connectivity index (χ3v) is 7.18. The first kappa shape index (κ1) is 18.4. The molecule has 2 aliphatic rings. The average Bonchev–Trinajstić information content (AvgIpc) is 2.96. The zero-order valence-corrected chi connectivity index (χ0v) is 15.3. The molecule has 1 aliphatic heterocycles. The van der Waals surface area contributed by atoms with Gasteiger partial charge in [-0.2, -0.15) is 4.31 Å². The minimum absolute atomic E-state index is 0.00974. The van der Waals surface area contributed by atoms with Gasteiger partial charge in [0.2, 0.25) is 10.0 Å². The molecule has 1 heterocycles. The SMILES string of the molecule is CC1CCCS(=O)(=O)N1Cc1ccc(C(=O)NC2CCC(O)C2)cc1. The van der Waals surface area contributed by atoms with Crippen LogP contribution in [0.15, 0.2) is 24.3 Å². The molecule has 1 saturated carbocycles. The Labute approximate surface area is 149 Å². The average molecular weight is 366 g/mol. The van der Waals surface area contributed by atoms with Crippen LogP contribution in [0.5, 0.6) is 0 Å². The number of nitrogens with zero attached hydrogens (tertiary/aromatic N) is 1. The maximum atomic E-state index is 12.3. The fourth-order valence-electron chi connectivity index (χ4n) is 3.65. The molecule has 0 radical (unpaired) electrons. The van der Waals surface area contributed by atoms with Crippen molar-refractivity contribution in [2.45, 2.75) is 63.8 Å². The van der Waals surface area contributed by atoms with Gasteiger partial charge in [0.1, 0.15) is 0 Å². The number of nitrogens with one attached hydrogen (secondary N) is 1. The van der Waals surface area contributed by atoms with Crippen molar-refractivity contribution in [1.82, 2.24) is 9.62 Å². The normalized spacial score (nSPS) is 29.4. The van der Waals surface area contributed by atoms with Crippen LogP contribution in [-0.2, 0) is 16.6 Å². The molecule has 1 saturated heterocycles. The van der Waals surface area contributed by atoms with E-state index in [1.165, 1.54) is 0 Å². The zero-order valence-electron chi connectivity index (χ0n) is 14.5. The van der Waals surface area contributed by atoms with Gasteiger partial charge in [-0.05, 0) is 56.7 Å². The highest BCUT2D eigenvalue weighted by molar-refractivity contribution is 7.89. The first-order valence-electron chi connectivity index (χ1n) is 8.92. The van der Waals surface area contributed by atoms with Crippen molar-refractivity contribution in [3.05, 3.63) is 35.4 Å². The predicted molar refractivity (Wildman–Crippen MR) is 95.6 cm³/mol. The van der Waals surface area contributed by atoms with Gasteiger partial charge in [-0.3, -0.25) is 4.79 Å². The fraction of sp³-hybridized carbons (Fsp3) is 0.611. The smallest absolute Gasteiger partial charge is 0.251 e. The van der Waals surface area contributed by atoms with Gasteiger partial charge in [-0.25, -0.2) is 8.42 Å². The first-order valence-corrected chi connectivity index (χ1v) is 10.5. The number of benzene rings is 1. The van der Waals surface area contributed by atoms with E-state index in [-0.39, 0.29) is 29.8 Å². The Kier molecular flexibility index (Phi) is 5.46. The molecular formula is C18H26N2O4S. The van der Waals surface area contributed by atoms with Gasteiger partial charge in [-0.1, -0.05) is 12.1 Å². The highest BCUT2D eigenvalue weighted by Gasteiger charge is 2.31. The van der Waals surface area contributed by atoms with Gasteiger partial charge in [0.25, 0.3) is 5.91 Å². The van der Waals surface area contributed by atoms with Crippen LogP contribution >= 0.6 is 0 Å². The molecule has 3 atom stereocenters. The van der Waals surface area contributed by atoms with Crippen molar-refractivity contribution in [3.63, 3.8) is 0 Å². The summed E-state index contributed by atoms with van der Waals surface area (Å²) in [6.45, 7) is 2.29. The summed E-state index contributed by atoms with van der Waals surface area (Å²) in [6, 6.07) is 7.14. The number of carbonyl (C=O) groups excluding carboxylic acids is 1. The van der Waals surface area contributed by atoms with Gasteiger partial charge in [0.05, 0.1) is 11.9 Å². The summed E-state index contributed by atoms with van der Waals surface area (Å²) in [4.78, 5) is 12.3. The van der Waals surface area contributed by atoms with Crippen LogP contribution in [0.3, 0.4) is 0 Å². The molecule has 1 aliphatic carbocycles. The number of amides is 1. The topological polar surface area (TPSA) is 86.7 Å². The van der Waals surface area contributed by atoms with Crippen molar-refractivity contribution in [1.29, 1.82) is 0 Å². The van der Waals surface area contributed by atoms with E-state index in [1.807, 2.05) is 19.1 Å². The monoisotopic (exact) mass is 366 g/mol. The number of carbonyl (C=O) groups is 1. The Morgan fingerprint density at radius 3 is 2.56 bits per heavy atom. The molecule has 7 heteroatoms. The second-order valence-electron chi connectivity index (χ2n) is 7.19. The highest BCUT2D eigenvalue weighted by atomic mass is 32.2. The molecule has 25 heavy (non-hydrogen) atoms. The maximum absolute atomic E-state index is 12.3. The first-order chi connectivity index (χ1) is 11.8. The minimum atomic E-state index is -3.19. The summed E-state index contributed by atoms with van der Waals surface area (Å²) < 4.78 is 26.0. The van der Waals surface area contributed by atoms with E-state index in [4.69, 9.17) is 0 Å². The fourth-order valence-corrected chi connectivity index (χ4v) is 5.42. The van der Waals surface area contributed by atoms with Crippen LogP contribution < -0.4 is 5.32 Å². The number of hydrogen-bond donors (Lipinski definition) is 2. The summed E-state index contributed by atoms with van der Waals surface area (Å²) in [5.41, 5.74) is 1.44. The van der Waals surface area contributed by atoms with Crippen molar-refractivity contribution >= 4 is 15.9 Å². The summed E-state index contributed by atoms with van der Waals surface area (Å²) in [5, 5.41) is 12.5. The lowest BCUT2D eigenvalue weighted by molar-refractivity contribution is 0.0934. The Hall–Kier alpha value is -1.44. The van der Waals surface area contributed by atoms with Crippen LogP contribution in [0.4, 0.5) is 0 Å². The third kappa shape index (κ3) is 4.40. The minimum Gasteiger partial charge on any atom is -0.393 e. The Morgan fingerprint density at radius 1 is 1.24 bits per heavy atom. The van der Waals surface area contributed by atoms with E-state index < -0.39 is 10.0 Å². The molecule has 2 N–H and O–H groups in total. The lowest BCUT2D eigenvalue weighted by Crippen LogP contribution is -2.43. The van der Waals surface area contributed by atoms with Crippen molar-refractivity contribution < 1.29 is 18.3 Å². The van der Waals surface area contributed by atoms with Crippen LogP contribution in [0.25, 0.3) is 0 Å². The Bertz CT molecular complexity index is 717.